The van der Waals surface area contributed by atoms with E-state index in [1.165, 1.54) is 0 Å². The smallest absolute Gasteiger partial charge is 0.241 e. The third kappa shape index (κ3) is 5.94. The molecule has 0 unspecified atom stereocenters. The van der Waals surface area contributed by atoms with Gasteiger partial charge in [0.15, 0.2) is 9.84 Å². The summed E-state index contributed by atoms with van der Waals surface area (Å²) < 4.78 is 23.8. The number of carbonyl (C=O) groups excluding carboxylic acids is 1. The molecule has 0 spiro atoms. The van der Waals surface area contributed by atoms with Crippen LogP contribution in [0.3, 0.4) is 0 Å². The fourth-order valence-corrected chi connectivity index (χ4v) is 2.64. The van der Waals surface area contributed by atoms with Crippen molar-refractivity contribution in [2.24, 2.45) is 11.7 Å². The molecule has 0 heterocycles. The highest BCUT2D eigenvalue weighted by atomic mass is 35.5. The molecule has 0 radical (unpaired) electrons. The van der Waals surface area contributed by atoms with Crippen molar-refractivity contribution in [1.82, 2.24) is 0 Å². The van der Waals surface area contributed by atoms with E-state index in [0.29, 0.717) is 11.3 Å². The zero-order valence-electron chi connectivity index (χ0n) is 13.4. The number of nitrogens with one attached hydrogen (secondary N) is 1. The Morgan fingerprint density at radius 1 is 1.23 bits per heavy atom. The Balaban J connectivity index is 0.00000441. The van der Waals surface area contributed by atoms with Gasteiger partial charge in [-0.1, -0.05) is 26.0 Å². The number of sulfone groups is 1. The summed E-state index contributed by atoms with van der Waals surface area (Å²) in [6.07, 6.45) is 0. The molecule has 0 aliphatic heterocycles. The molecule has 1 atom stereocenters. The molecule has 3 N–H and O–H groups in total. The fourth-order valence-electron chi connectivity index (χ4n) is 1.67. The van der Waals surface area contributed by atoms with Crippen molar-refractivity contribution in [1.29, 1.82) is 0 Å². The normalized spacial score (nSPS) is 12.9. The van der Waals surface area contributed by atoms with Gasteiger partial charge in [-0.2, -0.15) is 0 Å². The second-order valence-electron chi connectivity index (χ2n) is 5.82. The van der Waals surface area contributed by atoms with Gasteiger partial charge in [-0.05, 0) is 37.5 Å². The Hall–Kier alpha value is -1.11. The zero-order valence-corrected chi connectivity index (χ0v) is 15.0. The third-order valence-electron chi connectivity index (χ3n) is 3.30. The predicted molar refractivity (Wildman–Crippen MR) is 92.9 cm³/mol. The van der Waals surface area contributed by atoms with Gasteiger partial charge in [0.25, 0.3) is 0 Å². The second kappa shape index (κ2) is 8.50. The lowest BCUT2D eigenvalue weighted by Crippen LogP contribution is -2.39. The van der Waals surface area contributed by atoms with Crippen LogP contribution in [0.1, 0.15) is 33.3 Å². The molecule has 0 saturated heterocycles. The Kier molecular flexibility index (Phi) is 8.07. The van der Waals surface area contributed by atoms with Gasteiger partial charge in [0.1, 0.15) is 0 Å². The highest BCUT2D eigenvalue weighted by Crippen LogP contribution is 2.16. The van der Waals surface area contributed by atoms with Crippen LogP contribution in [0.15, 0.2) is 24.3 Å². The number of hydrogen-bond donors (Lipinski definition) is 2. The number of hydrogen-bond acceptors (Lipinski definition) is 4. The quantitative estimate of drug-likeness (QED) is 0.825. The van der Waals surface area contributed by atoms with E-state index < -0.39 is 21.1 Å². The molecule has 0 fully saturated rings. The first-order valence-electron chi connectivity index (χ1n) is 7.00. The van der Waals surface area contributed by atoms with Crippen molar-refractivity contribution in [2.75, 3.05) is 5.32 Å². The lowest BCUT2D eigenvalue weighted by Gasteiger charge is -2.16. The number of amides is 1. The van der Waals surface area contributed by atoms with E-state index >= 15 is 0 Å². The highest BCUT2D eigenvalue weighted by Gasteiger charge is 2.19. The number of anilines is 1. The van der Waals surface area contributed by atoms with E-state index in [9.17, 15) is 13.2 Å². The van der Waals surface area contributed by atoms with Crippen LogP contribution in [-0.2, 0) is 20.4 Å². The largest absolute Gasteiger partial charge is 0.325 e. The Labute approximate surface area is 139 Å². The highest BCUT2D eigenvalue weighted by molar-refractivity contribution is 7.91. The molecule has 22 heavy (non-hydrogen) atoms. The van der Waals surface area contributed by atoms with Gasteiger partial charge in [0.05, 0.1) is 17.0 Å². The number of nitrogens with two attached hydrogens (primary N) is 1. The van der Waals surface area contributed by atoms with Crippen LogP contribution in [0.4, 0.5) is 5.69 Å². The zero-order chi connectivity index (χ0) is 16.2. The predicted octanol–water partition coefficient (Wildman–Crippen LogP) is 2.35. The van der Waals surface area contributed by atoms with E-state index in [1.54, 1.807) is 38.1 Å². The van der Waals surface area contributed by atoms with Crippen LogP contribution in [0.2, 0.25) is 0 Å². The van der Waals surface area contributed by atoms with Crippen LogP contribution in [0.5, 0.6) is 0 Å². The standard InChI is InChI=1S/C15H24N2O3S.ClH/c1-10(2)14(16)15(18)17-13-7-5-6-12(8-13)9-21(19,20)11(3)4;/h5-8,10-11,14H,9,16H2,1-4H3,(H,17,18);1H/t14-;/m0./s1. The first-order valence-corrected chi connectivity index (χ1v) is 8.72. The lowest BCUT2D eigenvalue weighted by atomic mass is 10.0. The number of carbonyl (C=O) groups is 1. The molecule has 1 amide bonds. The van der Waals surface area contributed by atoms with Gasteiger partial charge in [-0.15, -0.1) is 12.4 Å². The van der Waals surface area contributed by atoms with Crippen molar-refractivity contribution in [2.45, 2.75) is 44.7 Å². The van der Waals surface area contributed by atoms with E-state index in [0.717, 1.165) is 0 Å². The molecule has 7 heteroatoms. The maximum atomic E-state index is 11.9. The van der Waals surface area contributed by atoms with Gasteiger partial charge in [-0.25, -0.2) is 8.42 Å². The summed E-state index contributed by atoms with van der Waals surface area (Å²) >= 11 is 0. The van der Waals surface area contributed by atoms with Gasteiger partial charge in [0, 0.05) is 5.69 Å². The topological polar surface area (TPSA) is 89.3 Å². The van der Waals surface area contributed by atoms with E-state index in [-0.39, 0.29) is 30.0 Å². The minimum absolute atomic E-state index is 0. The summed E-state index contributed by atoms with van der Waals surface area (Å²) in [5, 5.41) is 2.29. The summed E-state index contributed by atoms with van der Waals surface area (Å²) in [6.45, 7) is 7.05. The van der Waals surface area contributed by atoms with E-state index in [1.807, 2.05) is 13.8 Å². The van der Waals surface area contributed by atoms with Crippen molar-refractivity contribution >= 4 is 33.8 Å². The van der Waals surface area contributed by atoms with Gasteiger partial charge < -0.3 is 11.1 Å². The molecular weight excluding hydrogens is 324 g/mol. The minimum atomic E-state index is -3.16. The third-order valence-corrected chi connectivity index (χ3v) is 5.47. The van der Waals surface area contributed by atoms with E-state index in [2.05, 4.69) is 5.32 Å². The Bertz CT molecular complexity index is 601. The summed E-state index contributed by atoms with van der Waals surface area (Å²) in [4.78, 5) is 11.9. The summed E-state index contributed by atoms with van der Waals surface area (Å²) in [5.74, 6) is -0.270. The number of benzene rings is 1. The Morgan fingerprint density at radius 2 is 1.82 bits per heavy atom. The van der Waals surface area contributed by atoms with Crippen molar-refractivity contribution in [3.8, 4) is 0 Å². The minimum Gasteiger partial charge on any atom is -0.325 e. The molecule has 5 nitrogen and oxygen atoms in total. The van der Waals surface area contributed by atoms with Gasteiger partial charge >= 0.3 is 0 Å². The first-order chi connectivity index (χ1) is 9.63. The van der Waals surface area contributed by atoms with Crippen LogP contribution in [0, 0.1) is 5.92 Å². The molecule has 0 aromatic heterocycles. The van der Waals surface area contributed by atoms with Crippen molar-refractivity contribution < 1.29 is 13.2 Å². The fraction of sp³-hybridized carbons (Fsp3) is 0.533. The Morgan fingerprint density at radius 3 is 2.32 bits per heavy atom. The average Bonchev–Trinajstić information content (AvgIpc) is 2.37. The monoisotopic (exact) mass is 348 g/mol. The van der Waals surface area contributed by atoms with Crippen LogP contribution < -0.4 is 11.1 Å². The van der Waals surface area contributed by atoms with Crippen LogP contribution >= 0.6 is 12.4 Å². The molecule has 126 valence electrons. The van der Waals surface area contributed by atoms with Crippen LogP contribution in [0.25, 0.3) is 0 Å². The van der Waals surface area contributed by atoms with Crippen LogP contribution in [-0.4, -0.2) is 25.6 Å². The molecule has 0 aliphatic carbocycles. The lowest BCUT2D eigenvalue weighted by molar-refractivity contribution is -0.118. The number of rotatable bonds is 6. The SMILES string of the molecule is CC(C)[C@H](N)C(=O)Nc1cccc(CS(=O)(=O)C(C)C)c1.Cl. The molecule has 0 aliphatic rings. The first kappa shape index (κ1) is 20.9. The number of halogens is 1. The maximum Gasteiger partial charge on any atom is 0.241 e. The van der Waals surface area contributed by atoms with Crippen molar-refractivity contribution in [3.05, 3.63) is 29.8 Å². The maximum absolute atomic E-state index is 11.9. The van der Waals surface area contributed by atoms with Gasteiger partial charge in [0.2, 0.25) is 5.91 Å². The molecule has 0 saturated carbocycles. The average molecular weight is 349 g/mol. The molecular formula is C15H25ClN2O3S. The van der Waals surface area contributed by atoms with E-state index in [4.69, 9.17) is 5.73 Å². The molecule has 0 bridgehead atoms. The summed E-state index contributed by atoms with van der Waals surface area (Å²) in [5.41, 5.74) is 6.99. The summed E-state index contributed by atoms with van der Waals surface area (Å²) in [7, 11) is -3.16. The van der Waals surface area contributed by atoms with Gasteiger partial charge in [-0.3, -0.25) is 4.79 Å². The molecule has 1 aromatic carbocycles. The molecule has 1 aromatic rings. The summed E-state index contributed by atoms with van der Waals surface area (Å²) in [6, 6.07) is 6.26. The van der Waals surface area contributed by atoms with Crippen molar-refractivity contribution in [3.63, 3.8) is 0 Å². The molecule has 1 rings (SSSR count). The second-order valence-corrected chi connectivity index (χ2v) is 8.37.